The van der Waals surface area contributed by atoms with Gasteiger partial charge in [0, 0.05) is 18.0 Å². The zero-order chi connectivity index (χ0) is 13.8. The second kappa shape index (κ2) is 5.88. The van der Waals surface area contributed by atoms with Crippen LogP contribution in [0.15, 0.2) is 35.2 Å². The summed E-state index contributed by atoms with van der Waals surface area (Å²) < 4.78 is 14.3. The van der Waals surface area contributed by atoms with Crippen molar-refractivity contribution >= 4 is 23.5 Å². The molecule has 0 bridgehead atoms. The fourth-order valence-corrected chi connectivity index (χ4v) is 2.28. The van der Waals surface area contributed by atoms with Gasteiger partial charge in [-0.1, -0.05) is 0 Å². The maximum absolute atomic E-state index is 12.7. The largest absolute Gasteiger partial charge is 0.310 e. The molecular weight excluding hydrogens is 265 g/mol. The van der Waals surface area contributed by atoms with Gasteiger partial charge in [0.05, 0.1) is 11.4 Å². The van der Waals surface area contributed by atoms with Crippen molar-refractivity contribution < 1.29 is 9.18 Å². The van der Waals surface area contributed by atoms with E-state index in [1.165, 1.54) is 23.9 Å². The summed E-state index contributed by atoms with van der Waals surface area (Å²) in [6, 6.07) is 7.87. The van der Waals surface area contributed by atoms with E-state index in [1.807, 2.05) is 6.92 Å². The average molecular weight is 279 g/mol. The molecule has 4 nitrogen and oxygen atoms in total. The molecule has 1 aromatic carbocycles. The van der Waals surface area contributed by atoms with Crippen LogP contribution in [-0.4, -0.2) is 21.4 Å². The molecule has 0 aliphatic heterocycles. The molecule has 6 heteroatoms. The minimum atomic E-state index is -0.279. The minimum absolute atomic E-state index is 0.114. The highest BCUT2D eigenvalue weighted by atomic mass is 32.2. The third-order valence-electron chi connectivity index (χ3n) is 2.45. The molecule has 100 valence electrons. The summed E-state index contributed by atoms with van der Waals surface area (Å²) in [5.41, 5.74) is 0.851. The first kappa shape index (κ1) is 13.6. The molecule has 2 aromatic rings. The first-order chi connectivity index (χ1) is 9.04. The molecular formula is C13H14FN3OS. The molecule has 0 saturated heterocycles. The Bertz CT molecular complexity index is 580. The van der Waals surface area contributed by atoms with Gasteiger partial charge in [0.2, 0.25) is 5.91 Å². The number of aryl methyl sites for hydroxylation is 2. The zero-order valence-electron chi connectivity index (χ0n) is 10.7. The SMILES string of the molecule is Cc1cc(NC(=O)CSc2ccc(F)cc2)n(C)n1. The molecule has 0 spiro atoms. The Hall–Kier alpha value is -1.82. The van der Waals surface area contributed by atoms with E-state index in [0.717, 1.165) is 10.6 Å². The number of amides is 1. The number of halogens is 1. The van der Waals surface area contributed by atoms with Crippen molar-refractivity contribution in [2.24, 2.45) is 7.05 Å². The van der Waals surface area contributed by atoms with E-state index in [-0.39, 0.29) is 17.5 Å². The molecule has 0 saturated carbocycles. The van der Waals surface area contributed by atoms with Gasteiger partial charge in [-0.05, 0) is 31.2 Å². The Kier molecular flexibility index (Phi) is 4.21. The van der Waals surface area contributed by atoms with Crippen LogP contribution in [0.3, 0.4) is 0 Å². The highest BCUT2D eigenvalue weighted by Gasteiger charge is 2.07. The first-order valence-electron chi connectivity index (χ1n) is 5.73. The van der Waals surface area contributed by atoms with Crippen LogP contribution in [0.25, 0.3) is 0 Å². The summed E-state index contributed by atoms with van der Waals surface area (Å²) in [7, 11) is 1.77. The number of rotatable bonds is 4. The van der Waals surface area contributed by atoms with E-state index in [2.05, 4.69) is 10.4 Å². The standard InChI is InChI=1S/C13H14FN3OS/c1-9-7-12(17(2)16-9)15-13(18)8-19-11-5-3-10(14)4-6-11/h3-7H,8H2,1-2H3,(H,15,18). The predicted molar refractivity (Wildman–Crippen MR) is 73.7 cm³/mol. The molecule has 0 aliphatic rings. The fraction of sp³-hybridized carbons (Fsp3) is 0.231. The van der Waals surface area contributed by atoms with Gasteiger partial charge in [-0.25, -0.2) is 4.39 Å². The average Bonchev–Trinajstić information content (AvgIpc) is 2.67. The second-order valence-electron chi connectivity index (χ2n) is 4.09. The number of benzene rings is 1. The Balaban J connectivity index is 1.88. The molecule has 19 heavy (non-hydrogen) atoms. The minimum Gasteiger partial charge on any atom is -0.310 e. The fourth-order valence-electron chi connectivity index (χ4n) is 1.59. The van der Waals surface area contributed by atoms with Gasteiger partial charge in [-0.15, -0.1) is 11.8 Å². The van der Waals surface area contributed by atoms with Crippen molar-refractivity contribution in [2.45, 2.75) is 11.8 Å². The normalized spacial score (nSPS) is 10.5. The predicted octanol–water partition coefficient (Wildman–Crippen LogP) is 2.60. The molecule has 1 heterocycles. The lowest BCUT2D eigenvalue weighted by Gasteiger charge is -2.05. The molecule has 0 unspecified atom stereocenters. The number of thioether (sulfide) groups is 1. The number of anilines is 1. The Morgan fingerprint density at radius 2 is 2.11 bits per heavy atom. The van der Waals surface area contributed by atoms with Crippen molar-refractivity contribution in [3.05, 3.63) is 41.8 Å². The van der Waals surface area contributed by atoms with Crippen LogP contribution in [0.4, 0.5) is 10.2 Å². The van der Waals surface area contributed by atoms with Gasteiger partial charge in [0.1, 0.15) is 11.6 Å². The van der Waals surface area contributed by atoms with E-state index in [4.69, 9.17) is 0 Å². The lowest BCUT2D eigenvalue weighted by atomic mass is 10.4. The molecule has 0 atom stereocenters. The van der Waals surface area contributed by atoms with Crippen molar-refractivity contribution in [1.82, 2.24) is 9.78 Å². The van der Waals surface area contributed by atoms with Crippen LogP contribution in [0.2, 0.25) is 0 Å². The molecule has 1 amide bonds. The number of nitrogens with zero attached hydrogens (tertiary/aromatic N) is 2. The zero-order valence-corrected chi connectivity index (χ0v) is 11.5. The summed E-state index contributed by atoms with van der Waals surface area (Å²) in [5.74, 6) is 0.550. The maximum atomic E-state index is 12.7. The Morgan fingerprint density at radius 3 is 2.68 bits per heavy atom. The van der Waals surface area contributed by atoms with Gasteiger partial charge >= 0.3 is 0 Å². The van der Waals surface area contributed by atoms with Gasteiger partial charge in [-0.2, -0.15) is 5.10 Å². The maximum Gasteiger partial charge on any atom is 0.235 e. The van der Waals surface area contributed by atoms with Crippen LogP contribution in [-0.2, 0) is 11.8 Å². The van der Waals surface area contributed by atoms with Gasteiger partial charge in [-0.3, -0.25) is 9.48 Å². The number of carbonyl (C=O) groups excluding carboxylic acids is 1. The van der Waals surface area contributed by atoms with Crippen molar-refractivity contribution in [2.75, 3.05) is 11.1 Å². The number of hydrogen-bond donors (Lipinski definition) is 1. The van der Waals surface area contributed by atoms with Crippen molar-refractivity contribution in [3.63, 3.8) is 0 Å². The number of nitrogens with one attached hydrogen (secondary N) is 1. The Morgan fingerprint density at radius 1 is 1.42 bits per heavy atom. The van der Waals surface area contributed by atoms with Gasteiger partial charge < -0.3 is 5.32 Å². The smallest absolute Gasteiger partial charge is 0.235 e. The summed E-state index contributed by atoms with van der Waals surface area (Å²) in [6.07, 6.45) is 0. The summed E-state index contributed by atoms with van der Waals surface area (Å²) >= 11 is 1.36. The topological polar surface area (TPSA) is 46.9 Å². The quantitative estimate of drug-likeness (QED) is 0.875. The first-order valence-corrected chi connectivity index (χ1v) is 6.72. The molecule has 0 radical (unpaired) electrons. The van der Waals surface area contributed by atoms with E-state index in [0.29, 0.717) is 5.82 Å². The van der Waals surface area contributed by atoms with E-state index in [9.17, 15) is 9.18 Å². The summed E-state index contributed by atoms with van der Waals surface area (Å²) in [5, 5.41) is 6.92. The van der Waals surface area contributed by atoms with Crippen molar-refractivity contribution in [3.8, 4) is 0 Å². The van der Waals surface area contributed by atoms with E-state index >= 15 is 0 Å². The van der Waals surface area contributed by atoms with Crippen LogP contribution in [0.5, 0.6) is 0 Å². The lowest BCUT2D eigenvalue weighted by Crippen LogP contribution is -2.16. The molecule has 0 aliphatic carbocycles. The lowest BCUT2D eigenvalue weighted by molar-refractivity contribution is -0.113. The van der Waals surface area contributed by atoms with Gasteiger partial charge in [0.25, 0.3) is 0 Å². The number of aromatic nitrogens is 2. The highest BCUT2D eigenvalue weighted by molar-refractivity contribution is 8.00. The Labute approximate surface area is 115 Å². The summed E-state index contributed by atoms with van der Waals surface area (Å²) in [4.78, 5) is 12.6. The van der Waals surface area contributed by atoms with Crippen LogP contribution < -0.4 is 5.32 Å². The van der Waals surface area contributed by atoms with Crippen LogP contribution in [0, 0.1) is 12.7 Å². The van der Waals surface area contributed by atoms with Crippen LogP contribution >= 0.6 is 11.8 Å². The van der Waals surface area contributed by atoms with Crippen LogP contribution in [0.1, 0.15) is 5.69 Å². The third kappa shape index (κ3) is 3.82. The molecule has 2 rings (SSSR count). The van der Waals surface area contributed by atoms with Crippen molar-refractivity contribution in [1.29, 1.82) is 0 Å². The summed E-state index contributed by atoms with van der Waals surface area (Å²) in [6.45, 7) is 1.86. The third-order valence-corrected chi connectivity index (χ3v) is 3.47. The van der Waals surface area contributed by atoms with E-state index in [1.54, 1.807) is 29.9 Å². The molecule has 1 N–H and O–H groups in total. The monoisotopic (exact) mass is 279 g/mol. The van der Waals surface area contributed by atoms with E-state index < -0.39 is 0 Å². The molecule has 1 aromatic heterocycles. The highest BCUT2D eigenvalue weighted by Crippen LogP contribution is 2.18. The second-order valence-corrected chi connectivity index (χ2v) is 5.13. The number of hydrogen-bond acceptors (Lipinski definition) is 3. The molecule has 0 fully saturated rings. The van der Waals surface area contributed by atoms with Gasteiger partial charge in [0.15, 0.2) is 0 Å². The number of carbonyl (C=O) groups is 1.